The Labute approximate surface area is 300 Å². The second-order valence-corrected chi connectivity index (χ2v) is 19.5. The van der Waals surface area contributed by atoms with Gasteiger partial charge in [0, 0.05) is 36.8 Å². The highest BCUT2D eigenvalue weighted by atomic mass is 32.1. The average Bonchev–Trinajstić information content (AvgIpc) is 3.85. The van der Waals surface area contributed by atoms with Gasteiger partial charge >= 0.3 is 0 Å². The largest absolute Gasteiger partial charge is 0.310 e. The summed E-state index contributed by atoms with van der Waals surface area (Å²) in [5.74, 6) is 3.56. The molecule has 1 heterocycles. The van der Waals surface area contributed by atoms with Gasteiger partial charge in [-0.1, -0.05) is 94.4 Å². The van der Waals surface area contributed by atoms with Crippen LogP contribution in [0.5, 0.6) is 0 Å². The normalized spacial score (nSPS) is 31.2. The maximum Gasteiger partial charge on any atom is 0.0543 e. The summed E-state index contributed by atoms with van der Waals surface area (Å²) in [4.78, 5) is 2.71. The maximum atomic E-state index is 2.71. The molecule has 6 aliphatic rings. The second kappa shape index (κ2) is 9.12. The van der Waals surface area contributed by atoms with Crippen LogP contribution in [0.2, 0.25) is 0 Å². The van der Waals surface area contributed by atoms with Crippen molar-refractivity contribution in [2.75, 3.05) is 4.90 Å². The molecule has 0 saturated heterocycles. The highest BCUT2D eigenvalue weighted by molar-refractivity contribution is 7.25. The van der Waals surface area contributed by atoms with Crippen LogP contribution in [0.25, 0.3) is 31.3 Å². The van der Waals surface area contributed by atoms with E-state index in [0.29, 0.717) is 5.41 Å². The summed E-state index contributed by atoms with van der Waals surface area (Å²) in [5, 5.41) is 2.73. The summed E-state index contributed by atoms with van der Waals surface area (Å²) in [6.07, 6.45) is 8.30. The first-order valence-electron chi connectivity index (χ1n) is 19.3. The molecule has 0 N–H and O–H groups in total. The Morgan fingerprint density at radius 1 is 0.620 bits per heavy atom. The van der Waals surface area contributed by atoms with Gasteiger partial charge < -0.3 is 4.90 Å². The van der Waals surface area contributed by atoms with Crippen molar-refractivity contribution in [1.82, 2.24) is 0 Å². The van der Waals surface area contributed by atoms with Crippen LogP contribution in [0.15, 0.2) is 103 Å². The van der Waals surface area contributed by atoms with Crippen LogP contribution in [-0.2, 0) is 16.2 Å². The van der Waals surface area contributed by atoms with E-state index in [1.54, 1.807) is 11.1 Å². The smallest absolute Gasteiger partial charge is 0.0543 e. The molecular weight excluding hydrogens is 623 g/mol. The summed E-state index contributed by atoms with van der Waals surface area (Å²) in [5.41, 5.74) is 14.3. The second-order valence-electron chi connectivity index (χ2n) is 18.4. The summed E-state index contributed by atoms with van der Waals surface area (Å²) >= 11 is 1.92. The van der Waals surface area contributed by atoms with Gasteiger partial charge in [0.25, 0.3) is 0 Å². The molecule has 4 fully saturated rings. The van der Waals surface area contributed by atoms with Crippen molar-refractivity contribution in [3.63, 3.8) is 0 Å². The minimum atomic E-state index is 0.0698. The Balaban J connectivity index is 1.16. The lowest BCUT2D eigenvalue weighted by Crippen LogP contribution is -2.73. The minimum absolute atomic E-state index is 0.0698. The van der Waals surface area contributed by atoms with Crippen molar-refractivity contribution >= 4 is 48.6 Å². The van der Waals surface area contributed by atoms with E-state index in [9.17, 15) is 0 Å². The highest BCUT2D eigenvalue weighted by Gasteiger charge is 2.84. The average molecular weight is 668 g/mol. The molecule has 0 aliphatic heterocycles. The SMILES string of the molecule is CC1(C)CCC(C)(C)c2c(N(c3ccc4sc5ccccc5c4c3)c3cccc4c3-c3ccccc3C43C4CC5CC6CC3C64C5)cccc21. The molecule has 6 unspecified atom stereocenters. The molecule has 2 spiro atoms. The van der Waals surface area contributed by atoms with E-state index >= 15 is 0 Å². The van der Waals surface area contributed by atoms with Crippen LogP contribution >= 0.6 is 11.3 Å². The van der Waals surface area contributed by atoms with Crippen molar-refractivity contribution in [3.05, 3.63) is 125 Å². The van der Waals surface area contributed by atoms with E-state index in [1.165, 1.54) is 98.0 Å². The van der Waals surface area contributed by atoms with Crippen molar-refractivity contribution in [1.29, 1.82) is 0 Å². The Bertz CT molecular complexity index is 2460. The molecule has 6 aliphatic carbocycles. The zero-order chi connectivity index (χ0) is 33.4. The third-order valence-corrected chi connectivity index (χ3v) is 16.7. The first kappa shape index (κ1) is 28.8. The number of nitrogens with zero attached hydrogens (tertiary/aromatic N) is 1. The van der Waals surface area contributed by atoms with Crippen molar-refractivity contribution < 1.29 is 0 Å². The number of rotatable bonds is 3. The Hall–Kier alpha value is -3.88. The fraction of sp³-hybridized carbons (Fsp3) is 0.375. The monoisotopic (exact) mass is 667 g/mol. The number of hydrogen-bond donors (Lipinski definition) is 0. The van der Waals surface area contributed by atoms with Gasteiger partial charge in [-0.3, -0.25) is 0 Å². The lowest BCUT2D eigenvalue weighted by atomic mass is 9.27. The molecular formula is C48H45NS. The van der Waals surface area contributed by atoms with E-state index in [4.69, 9.17) is 0 Å². The standard InChI is InChI=1S/C48H45NS/c1-45(2)21-22-46(3,4)44-36(45)15-10-17-38(44)49(30-19-20-40-33(26-30)31-11-6-8-18-39(31)50-40)37-16-9-14-35-43(37)32-12-5-7-13-34(32)48(35)41-24-28-23-29-25-42(48)47(29,41)27-28/h5-20,26,28-29,41-42H,21-25,27H2,1-4H3. The molecule has 2 heteroatoms. The van der Waals surface area contributed by atoms with Gasteiger partial charge in [0.1, 0.15) is 0 Å². The predicted molar refractivity (Wildman–Crippen MR) is 210 cm³/mol. The molecule has 0 amide bonds. The molecule has 2 bridgehead atoms. The van der Waals surface area contributed by atoms with Crippen molar-refractivity contribution in [2.24, 2.45) is 29.1 Å². The molecule has 4 saturated carbocycles. The first-order valence-corrected chi connectivity index (χ1v) is 20.1. The van der Waals surface area contributed by atoms with E-state index in [2.05, 4.69) is 136 Å². The fourth-order valence-electron chi connectivity index (χ4n) is 13.7. The molecule has 1 nitrogen and oxygen atoms in total. The molecule has 5 aromatic carbocycles. The van der Waals surface area contributed by atoms with Crippen LogP contribution in [0.4, 0.5) is 17.1 Å². The van der Waals surface area contributed by atoms with Crippen molar-refractivity contribution in [3.8, 4) is 11.1 Å². The predicted octanol–water partition coefficient (Wildman–Crippen LogP) is 13.2. The Morgan fingerprint density at radius 2 is 1.34 bits per heavy atom. The van der Waals surface area contributed by atoms with Gasteiger partial charge in [0.15, 0.2) is 0 Å². The fourth-order valence-corrected chi connectivity index (χ4v) is 14.8. The summed E-state index contributed by atoms with van der Waals surface area (Å²) in [6.45, 7) is 9.92. The Kier molecular flexibility index (Phi) is 5.25. The Morgan fingerprint density at radius 3 is 2.22 bits per heavy atom. The van der Waals surface area contributed by atoms with Crippen LogP contribution in [0.3, 0.4) is 0 Å². The zero-order valence-electron chi connectivity index (χ0n) is 29.7. The molecule has 6 atom stereocenters. The third kappa shape index (κ3) is 3.16. The quantitative estimate of drug-likeness (QED) is 0.182. The molecule has 50 heavy (non-hydrogen) atoms. The maximum absolute atomic E-state index is 2.71. The van der Waals surface area contributed by atoms with Gasteiger partial charge in [-0.15, -0.1) is 11.3 Å². The summed E-state index contributed by atoms with van der Waals surface area (Å²) in [6, 6.07) is 40.6. The van der Waals surface area contributed by atoms with Gasteiger partial charge in [-0.2, -0.15) is 0 Å². The third-order valence-electron chi connectivity index (χ3n) is 15.6. The van der Waals surface area contributed by atoms with Crippen LogP contribution in [-0.4, -0.2) is 0 Å². The zero-order valence-corrected chi connectivity index (χ0v) is 30.5. The lowest BCUT2D eigenvalue weighted by molar-refractivity contribution is -0.231. The molecule has 1 aromatic heterocycles. The van der Waals surface area contributed by atoms with Crippen LogP contribution in [0, 0.1) is 29.1 Å². The number of fused-ring (bicyclic) bond motifs is 12. The van der Waals surface area contributed by atoms with Crippen LogP contribution in [0.1, 0.15) is 88.5 Å². The number of hydrogen-bond acceptors (Lipinski definition) is 2. The molecule has 248 valence electrons. The molecule has 12 rings (SSSR count). The summed E-state index contributed by atoms with van der Waals surface area (Å²) in [7, 11) is 0. The lowest BCUT2D eigenvalue weighted by Gasteiger charge is -2.76. The highest BCUT2D eigenvalue weighted by Crippen LogP contribution is 2.89. The number of benzene rings is 5. The molecule has 6 aromatic rings. The minimum Gasteiger partial charge on any atom is -0.310 e. The van der Waals surface area contributed by atoms with Gasteiger partial charge in [0.05, 0.1) is 11.4 Å². The number of thiophene rings is 1. The first-order chi connectivity index (χ1) is 24.2. The van der Waals surface area contributed by atoms with Gasteiger partial charge in [-0.05, 0) is 143 Å². The van der Waals surface area contributed by atoms with Crippen LogP contribution < -0.4 is 4.90 Å². The van der Waals surface area contributed by atoms with Gasteiger partial charge in [-0.25, -0.2) is 0 Å². The number of anilines is 3. The van der Waals surface area contributed by atoms with E-state index in [1.807, 2.05) is 11.3 Å². The molecule has 0 radical (unpaired) electrons. The summed E-state index contributed by atoms with van der Waals surface area (Å²) < 4.78 is 2.73. The topological polar surface area (TPSA) is 3.24 Å². The van der Waals surface area contributed by atoms with Gasteiger partial charge in [0.2, 0.25) is 0 Å². The van der Waals surface area contributed by atoms with Crippen molar-refractivity contribution in [2.45, 2.75) is 82.5 Å². The van der Waals surface area contributed by atoms with E-state index in [0.717, 1.165) is 23.7 Å². The van der Waals surface area contributed by atoms with E-state index < -0.39 is 0 Å². The van der Waals surface area contributed by atoms with E-state index in [-0.39, 0.29) is 16.2 Å².